The number of rotatable bonds is 5. The molecule has 2 saturated carbocycles. The molecule has 2 fully saturated rings. The van der Waals surface area contributed by atoms with E-state index in [0.717, 1.165) is 47.8 Å². The number of hydrogen-bond donors (Lipinski definition) is 1. The van der Waals surface area contributed by atoms with Gasteiger partial charge in [0.15, 0.2) is 5.65 Å². The minimum absolute atomic E-state index is 0.157. The van der Waals surface area contributed by atoms with Crippen LogP contribution in [0.5, 0.6) is 0 Å². The van der Waals surface area contributed by atoms with Crippen LogP contribution in [-0.4, -0.2) is 54.3 Å². The van der Waals surface area contributed by atoms with Crippen LogP contribution in [0.2, 0.25) is 0 Å². The lowest BCUT2D eigenvalue weighted by Crippen LogP contribution is -2.37. The summed E-state index contributed by atoms with van der Waals surface area (Å²) in [4.78, 5) is 13.6. The van der Waals surface area contributed by atoms with Crippen LogP contribution in [0, 0.1) is 6.92 Å². The monoisotopic (exact) mass is 467 g/mol. The summed E-state index contributed by atoms with van der Waals surface area (Å²) in [5, 5.41) is 8.10. The van der Waals surface area contributed by atoms with Gasteiger partial charge in [-0.2, -0.15) is 0 Å². The molecule has 0 saturated heterocycles. The third kappa shape index (κ3) is 3.70. The third-order valence-corrected chi connectivity index (χ3v) is 7.23. The first-order valence-electron chi connectivity index (χ1n) is 11.8. The summed E-state index contributed by atoms with van der Waals surface area (Å²) in [6.07, 6.45) is 9.64. The number of alkyl halides is 2. The largest absolute Gasteiger partial charge is 0.381 e. The summed E-state index contributed by atoms with van der Waals surface area (Å²) in [5.41, 5.74) is 4.02. The predicted octanol–water partition coefficient (Wildman–Crippen LogP) is 4.79. The molecule has 4 heterocycles. The molecule has 4 aromatic rings. The normalized spacial score (nSPS) is 22.8. The highest BCUT2D eigenvalue weighted by Gasteiger charge is 2.47. The van der Waals surface area contributed by atoms with Crippen LogP contribution in [0.25, 0.3) is 27.8 Å². The minimum Gasteiger partial charge on any atom is -0.381 e. The zero-order valence-corrected chi connectivity index (χ0v) is 19.2. The molecular formula is C24H27F2N7O. The Bertz CT molecular complexity index is 1350. The summed E-state index contributed by atoms with van der Waals surface area (Å²) in [6.45, 7) is 1.84. The van der Waals surface area contributed by atoms with E-state index < -0.39 is 5.92 Å². The van der Waals surface area contributed by atoms with Crippen molar-refractivity contribution < 1.29 is 13.5 Å². The lowest BCUT2D eigenvalue weighted by atomic mass is 9.87. The Morgan fingerprint density at radius 1 is 1.09 bits per heavy atom. The van der Waals surface area contributed by atoms with Gasteiger partial charge in [-0.1, -0.05) is 0 Å². The molecule has 0 unspecified atom stereocenters. The molecule has 0 radical (unpaired) electrons. The topological polar surface area (TPSA) is 82.2 Å². The number of pyridine rings is 1. The fourth-order valence-corrected chi connectivity index (χ4v) is 5.35. The number of methoxy groups -OCH3 is 1. The quantitative estimate of drug-likeness (QED) is 0.455. The molecule has 0 bridgehead atoms. The number of nitrogens with one attached hydrogen (secondary N) is 1. The maximum Gasteiger partial charge on any atom is 0.252 e. The highest BCUT2D eigenvalue weighted by molar-refractivity contribution is 5.85. The molecule has 2 aliphatic rings. The van der Waals surface area contributed by atoms with E-state index in [0.29, 0.717) is 29.6 Å². The van der Waals surface area contributed by atoms with Gasteiger partial charge in [0.25, 0.3) is 5.92 Å². The number of imidazole rings is 1. The first-order valence-corrected chi connectivity index (χ1v) is 11.8. The highest BCUT2D eigenvalue weighted by Crippen LogP contribution is 2.47. The van der Waals surface area contributed by atoms with Gasteiger partial charge in [-0.05, 0) is 44.7 Å². The first-order chi connectivity index (χ1) is 16.4. The fraction of sp³-hybridized carbons (Fsp3) is 0.500. The van der Waals surface area contributed by atoms with Crippen molar-refractivity contribution in [1.82, 2.24) is 29.1 Å². The Kier molecular flexibility index (Phi) is 5.02. The summed E-state index contributed by atoms with van der Waals surface area (Å²) in [5.74, 6) is -1.28. The predicted molar refractivity (Wildman–Crippen MR) is 124 cm³/mol. The number of aryl methyl sites for hydroxylation is 1. The molecule has 0 aliphatic heterocycles. The van der Waals surface area contributed by atoms with Crippen LogP contribution in [-0.2, 0) is 4.74 Å². The van der Waals surface area contributed by atoms with Crippen molar-refractivity contribution in [3.8, 4) is 11.1 Å². The molecule has 0 spiro atoms. The smallest absolute Gasteiger partial charge is 0.252 e. The third-order valence-electron chi connectivity index (χ3n) is 7.23. The lowest BCUT2D eigenvalue weighted by Gasteiger charge is -2.36. The molecule has 8 nitrogen and oxygen atoms in total. The van der Waals surface area contributed by atoms with Crippen LogP contribution in [0.1, 0.15) is 50.4 Å². The van der Waals surface area contributed by atoms with Crippen LogP contribution < -0.4 is 5.32 Å². The zero-order valence-electron chi connectivity index (χ0n) is 19.2. The molecule has 0 aromatic carbocycles. The van der Waals surface area contributed by atoms with Crippen molar-refractivity contribution in [3.63, 3.8) is 0 Å². The number of hydrogen-bond acceptors (Lipinski definition) is 6. The van der Waals surface area contributed by atoms with E-state index in [1.807, 2.05) is 40.5 Å². The van der Waals surface area contributed by atoms with Crippen molar-refractivity contribution in [3.05, 3.63) is 36.5 Å². The fourth-order valence-electron chi connectivity index (χ4n) is 5.35. The van der Waals surface area contributed by atoms with Gasteiger partial charge < -0.3 is 14.6 Å². The SMILES string of the molecule is CO[C@H]1CC[C@@H](Nc2ncc3c(-c4cnc5nc(C)n(C6CC(F)(F)C6)c5c4)ccn3n2)CC1. The van der Waals surface area contributed by atoms with E-state index in [2.05, 4.69) is 25.4 Å². The number of ether oxygens (including phenoxy) is 1. The van der Waals surface area contributed by atoms with Gasteiger partial charge in [0.1, 0.15) is 5.82 Å². The van der Waals surface area contributed by atoms with Crippen molar-refractivity contribution in [1.29, 1.82) is 0 Å². The number of halogens is 2. The molecule has 4 aromatic heterocycles. The van der Waals surface area contributed by atoms with Crippen LogP contribution in [0.4, 0.5) is 14.7 Å². The van der Waals surface area contributed by atoms with Gasteiger partial charge in [-0.25, -0.2) is 28.2 Å². The minimum atomic E-state index is -2.59. The summed E-state index contributed by atoms with van der Waals surface area (Å²) >= 11 is 0. The van der Waals surface area contributed by atoms with E-state index in [1.54, 1.807) is 13.3 Å². The Morgan fingerprint density at radius 2 is 1.88 bits per heavy atom. The maximum atomic E-state index is 13.5. The first kappa shape index (κ1) is 21.4. The van der Waals surface area contributed by atoms with Gasteiger partial charge in [0.2, 0.25) is 5.95 Å². The lowest BCUT2D eigenvalue weighted by molar-refractivity contribution is -0.103. The van der Waals surface area contributed by atoms with Gasteiger partial charge in [-0.15, -0.1) is 5.10 Å². The molecular weight excluding hydrogens is 440 g/mol. The number of fused-ring (bicyclic) bond motifs is 2. The Hall–Kier alpha value is -3.14. The second-order valence-corrected chi connectivity index (χ2v) is 9.51. The van der Waals surface area contributed by atoms with E-state index in [1.165, 1.54) is 0 Å². The van der Waals surface area contributed by atoms with Crippen LogP contribution >= 0.6 is 0 Å². The molecule has 0 atom stereocenters. The van der Waals surface area contributed by atoms with Crippen molar-refractivity contribution >= 4 is 22.6 Å². The van der Waals surface area contributed by atoms with Crippen molar-refractivity contribution in [2.75, 3.05) is 12.4 Å². The molecule has 34 heavy (non-hydrogen) atoms. The highest BCUT2D eigenvalue weighted by atomic mass is 19.3. The molecule has 1 N–H and O–H groups in total. The van der Waals surface area contributed by atoms with Crippen LogP contribution in [0.3, 0.4) is 0 Å². The van der Waals surface area contributed by atoms with E-state index >= 15 is 0 Å². The molecule has 2 aliphatic carbocycles. The van der Waals surface area contributed by atoms with E-state index in [9.17, 15) is 8.78 Å². The molecule has 10 heteroatoms. The summed E-state index contributed by atoms with van der Waals surface area (Å²) in [7, 11) is 1.77. The summed E-state index contributed by atoms with van der Waals surface area (Å²) < 4.78 is 36.2. The number of nitrogens with zero attached hydrogens (tertiary/aromatic N) is 6. The number of anilines is 1. The van der Waals surface area contributed by atoms with Gasteiger partial charge in [0.05, 0.1) is 23.3 Å². The van der Waals surface area contributed by atoms with Gasteiger partial charge in [0, 0.05) is 55.6 Å². The van der Waals surface area contributed by atoms with E-state index in [-0.39, 0.29) is 18.9 Å². The molecule has 0 amide bonds. The van der Waals surface area contributed by atoms with E-state index in [4.69, 9.17) is 4.74 Å². The van der Waals surface area contributed by atoms with Crippen molar-refractivity contribution in [2.24, 2.45) is 0 Å². The number of aromatic nitrogens is 6. The summed E-state index contributed by atoms with van der Waals surface area (Å²) in [6, 6.07) is 4.05. The Morgan fingerprint density at radius 3 is 2.62 bits per heavy atom. The average molecular weight is 468 g/mol. The zero-order chi connectivity index (χ0) is 23.4. The van der Waals surface area contributed by atoms with Crippen molar-refractivity contribution in [2.45, 2.75) is 69.6 Å². The maximum absolute atomic E-state index is 13.5. The molecule has 6 rings (SSSR count). The Balaban J connectivity index is 1.28. The second kappa shape index (κ2) is 7.97. The van der Waals surface area contributed by atoms with Gasteiger partial charge >= 0.3 is 0 Å². The van der Waals surface area contributed by atoms with Gasteiger partial charge in [-0.3, -0.25) is 0 Å². The standard InChI is InChI=1S/C24H27F2N7O/c1-14-29-22-20(33(14)17-10-24(25,26)11-17)9-15(12-27-22)19-7-8-32-21(19)13-28-23(31-32)30-16-3-5-18(34-2)6-4-16/h7-9,12-13,16-18H,3-6,10-11H2,1-2H3,(H,30,31)/t16-,18+. The second-order valence-electron chi connectivity index (χ2n) is 9.51. The Labute approximate surface area is 195 Å². The van der Waals surface area contributed by atoms with Crippen LogP contribution in [0.15, 0.2) is 30.7 Å². The average Bonchev–Trinajstić information content (AvgIpc) is 3.37. The molecule has 178 valence electrons.